The summed E-state index contributed by atoms with van der Waals surface area (Å²) in [6.45, 7) is 10.1. The largest absolute Gasteiger partial charge is 0.508 e. The molecule has 10 rings (SSSR count). The van der Waals surface area contributed by atoms with Crippen molar-refractivity contribution in [1.82, 2.24) is 0 Å². The lowest BCUT2D eigenvalue weighted by molar-refractivity contribution is 0.0682. The number of amides is 4. The van der Waals surface area contributed by atoms with Crippen molar-refractivity contribution in [3.63, 3.8) is 0 Å². The molecule has 0 saturated carbocycles. The first-order chi connectivity index (χ1) is 44.4. The lowest BCUT2D eigenvalue weighted by Gasteiger charge is -2.27. The molecule has 14 N–H and O–H groups in total. The van der Waals surface area contributed by atoms with Gasteiger partial charge in [-0.1, -0.05) is 30.3 Å². The zero-order valence-corrected chi connectivity index (χ0v) is 52.6. The number of nitrogens with zero attached hydrogens (tertiary/aromatic N) is 2. The van der Waals surface area contributed by atoms with Crippen molar-refractivity contribution in [2.75, 3.05) is 35.6 Å². The summed E-state index contributed by atoms with van der Waals surface area (Å²) in [5.74, 6) is -4.78. The number of anilines is 9. The molecule has 1 aliphatic heterocycles. The average Bonchev–Trinajstić information content (AvgIpc) is 0.726. The second kappa shape index (κ2) is 25.6. The van der Waals surface area contributed by atoms with E-state index in [-0.39, 0.29) is 90.3 Å². The fraction of sp³-hybridized carbons (Fsp3) is 0.0923. The van der Waals surface area contributed by atoms with E-state index in [0.29, 0.717) is 44.9 Å². The van der Waals surface area contributed by atoms with E-state index in [0.717, 1.165) is 46.8 Å². The van der Waals surface area contributed by atoms with Crippen molar-refractivity contribution in [2.45, 2.75) is 51.3 Å². The predicted molar refractivity (Wildman–Crippen MR) is 353 cm³/mol. The number of carbonyl (C=O) groups is 4. The molecule has 0 fully saturated rings. The molecule has 8 aromatic rings. The SMILES string of the molecule is Cc1cc(C)c(NC(=O)Nc2ccc(O)c(C(=O)O)c2)c(C)c1N=c1cc2oc3cc(Nc4c(C)cc(C)c(NC(=O)Nc5ccc(O)cc5)c4C)c(N(c4ccc(O)cc4)S(=O)O)cc3c(-c3ccccc3S(=O)(=O)O)c-2cc1S(=O)(=O)Nc1ccc(O)c(C(=O)O)c1. The second-order valence-electron chi connectivity index (χ2n) is 21.5. The number of carboxylic acid groups (broad SMARTS) is 2. The van der Waals surface area contributed by atoms with Crippen LogP contribution in [0.3, 0.4) is 0 Å². The van der Waals surface area contributed by atoms with Gasteiger partial charge >= 0.3 is 24.0 Å². The summed E-state index contributed by atoms with van der Waals surface area (Å²) in [7, 11) is -10.3. The minimum Gasteiger partial charge on any atom is -0.508 e. The first-order valence-corrected chi connectivity index (χ1v) is 31.9. The summed E-state index contributed by atoms with van der Waals surface area (Å²) < 4.78 is 104. The molecule has 0 aromatic heterocycles. The number of urea groups is 2. The number of carbonyl (C=O) groups excluding carboxylic acids is 2. The van der Waals surface area contributed by atoms with Gasteiger partial charge in [-0.3, -0.25) is 13.8 Å². The number of aryl methyl sites for hydroxylation is 4. The molecule has 2 aliphatic rings. The van der Waals surface area contributed by atoms with Gasteiger partial charge in [-0.2, -0.15) is 8.42 Å². The zero-order chi connectivity index (χ0) is 68.0. The van der Waals surface area contributed by atoms with E-state index in [4.69, 9.17) is 9.41 Å². The summed E-state index contributed by atoms with van der Waals surface area (Å²) >= 11 is -3.00. The number of rotatable bonds is 17. The number of nitrogens with one attached hydrogen (secondary N) is 6. The van der Waals surface area contributed by atoms with Gasteiger partial charge in [0.05, 0.1) is 39.5 Å². The number of carboxylic acids is 2. The Kier molecular flexibility index (Phi) is 17.9. The van der Waals surface area contributed by atoms with Crippen LogP contribution in [0.4, 0.5) is 66.5 Å². The van der Waals surface area contributed by atoms with Crippen LogP contribution in [0.1, 0.15) is 54.1 Å². The maximum absolute atomic E-state index is 15.3. The van der Waals surface area contributed by atoms with E-state index in [2.05, 4.69) is 31.3 Å². The number of phenolic OH excluding ortho intramolecular Hbond substituents is 2. The Hall–Kier alpha value is -11.5. The smallest absolute Gasteiger partial charge is 0.339 e. The first kappa shape index (κ1) is 65.5. The molecular weight excluding hydrogens is 1280 g/mol. The Morgan fingerprint density at radius 1 is 0.553 bits per heavy atom. The Bertz CT molecular complexity index is 5120. The van der Waals surface area contributed by atoms with Gasteiger partial charge in [-0.05, 0) is 178 Å². The van der Waals surface area contributed by atoms with Crippen molar-refractivity contribution >= 4 is 123 Å². The van der Waals surface area contributed by atoms with Crippen molar-refractivity contribution in [3.8, 4) is 45.4 Å². The molecule has 1 aliphatic carbocycles. The Morgan fingerprint density at radius 3 is 1.68 bits per heavy atom. The molecule has 0 bridgehead atoms. The Morgan fingerprint density at radius 2 is 1.09 bits per heavy atom. The number of hydrogen-bond donors (Lipinski definition) is 14. The van der Waals surface area contributed by atoms with Gasteiger partial charge in [-0.25, -0.2) is 41.1 Å². The third-order valence-corrected chi connectivity index (χ3v) is 18.1. The van der Waals surface area contributed by atoms with E-state index in [1.165, 1.54) is 91.0 Å². The average molecular weight is 1330 g/mol. The van der Waals surface area contributed by atoms with Crippen LogP contribution in [-0.4, -0.2) is 84.8 Å². The van der Waals surface area contributed by atoms with Crippen LogP contribution in [0.2, 0.25) is 0 Å². The Labute approximate surface area is 537 Å². The summed E-state index contributed by atoms with van der Waals surface area (Å²) in [5.41, 5.74) is 1.71. The highest BCUT2D eigenvalue weighted by molar-refractivity contribution is 7.92. The standard InChI is InChI=1S/C65H56N8O18S3/c1-31-23-33(3)60(70-64(82)66-37-11-17-41(74)18-12-37)35(5)58(31)68-48-29-53-46(27-50(48)73(92(84)85)40-15-19-42(75)20-16-40)57(43-9-7-8-10-55(43)94(88,89)90)47-28-56(93(86,87)72-39-14-22-52(77)45(26-39)63(80)81)49(30-54(47)91-53)69-59-32(2)24-34(4)61(36(59)6)71-65(83)67-38-13-21-51(76)44(25-38)62(78)79/h7-30,68,72,74-77H,1-6H3,(H,78,79)(H,80,81)(H,84,85)(H2,66,70,82)(H2,67,71,83)(H,88,89,90). The van der Waals surface area contributed by atoms with E-state index in [9.17, 15) is 71.5 Å². The van der Waals surface area contributed by atoms with Crippen LogP contribution in [0.15, 0.2) is 165 Å². The summed E-state index contributed by atoms with van der Waals surface area (Å²) in [5, 5.41) is 74.0. The van der Waals surface area contributed by atoms with E-state index in [1.807, 2.05) is 0 Å². The van der Waals surface area contributed by atoms with Crippen molar-refractivity contribution < 1.29 is 84.4 Å². The van der Waals surface area contributed by atoms with Crippen LogP contribution < -0.4 is 41.0 Å². The number of hydrogen-bond acceptors (Lipinski definition) is 16. The number of sulfonamides is 1. The van der Waals surface area contributed by atoms with E-state index < -0.39 is 93.2 Å². The number of aromatic hydroxyl groups is 4. The molecule has 4 amide bonds. The molecular formula is C65H56N8O18S3. The highest BCUT2D eigenvalue weighted by Gasteiger charge is 2.31. The van der Waals surface area contributed by atoms with Crippen molar-refractivity contribution in [2.24, 2.45) is 4.99 Å². The Balaban J connectivity index is 1.27. The number of fused-ring (bicyclic) bond motifs is 2. The third-order valence-electron chi connectivity index (χ3n) is 15.1. The minimum atomic E-state index is -5.19. The molecule has 0 radical (unpaired) electrons. The molecule has 94 heavy (non-hydrogen) atoms. The second-order valence-corrected chi connectivity index (χ2v) is 25.4. The van der Waals surface area contributed by atoms with Gasteiger partial charge in [0.25, 0.3) is 31.4 Å². The predicted octanol–water partition coefficient (Wildman–Crippen LogP) is 12.9. The van der Waals surface area contributed by atoms with Gasteiger partial charge < -0.3 is 61.6 Å². The molecule has 482 valence electrons. The van der Waals surface area contributed by atoms with Crippen LogP contribution >= 0.6 is 0 Å². The molecule has 0 spiro atoms. The third kappa shape index (κ3) is 13.4. The monoisotopic (exact) mass is 1330 g/mol. The lowest BCUT2D eigenvalue weighted by Crippen LogP contribution is -2.23. The van der Waals surface area contributed by atoms with Crippen LogP contribution in [0, 0.1) is 41.5 Å². The molecule has 8 aromatic carbocycles. The summed E-state index contributed by atoms with van der Waals surface area (Å²) in [6, 6.07) is 29.2. The van der Waals surface area contributed by atoms with Gasteiger partial charge in [0, 0.05) is 57.0 Å². The van der Waals surface area contributed by atoms with Gasteiger partial charge in [0.1, 0.15) is 55.3 Å². The lowest BCUT2D eigenvalue weighted by atomic mass is 9.93. The van der Waals surface area contributed by atoms with Crippen LogP contribution in [0.5, 0.6) is 23.0 Å². The quantitative estimate of drug-likeness (QED) is 0.0174. The van der Waals surface area contributed by atoms with Gasteiger partial charge in [-0.15, -0.1) is 0 Å². The fourth-order valence-corrected chi connectivity index (χ4v) is 13.3. The molecule has 1 atom stereocenters. The first-order valence-electron chi connectivity index (χ1n) is 27.9. The van der Waals surface area contributed by atoms with E-state index in [1.54, 1.807) is 53.7 Å². The maximum atomic E-state index is 15.3. The van der Waals surface area contributed by atoms with Crippen molar-refractivity contribution in [3.05, 3.63) is 195 Å². The maximum Gasteiger partial charge on any atom is 0.339 e. The van der Waals surface area contributed by atoms with Crippen LogP contribution in [0.25, 0.3) is 33.4 Å². The molecule has 1 heterocycles. The molecule has 0 saturated heterocycles. The van der Waals surface area contributed by atoms with Crippen LogP contribution in [-0.2, 0) is 31.4 Å². The highest BCUT2D eigenvalue weighted by Crippen LogP contribution is 2.49. The number of phenols is 4. The van der Waals surface area contributed by atoms with E-state index >= 15 is 8.42 Å². The zero-order valence-electron chi connectivity index (χ0n) is 50.1. The molecule has 29 heteroatoms. The minimum absolute atomic E-state index is 0.00815. The summed E-state index contributed by atoms with van der Waals surface area (Å²) in [6.07, 6.45) is 0. The number of aromatic carboxylic acids is 2. The molecule has 1 unspecified atom stereocenters. The topological polar surface area (TPSA) is 416 Å². The molecule has 26 nitrogen and oxygen atoms in total. The number of benzene rings is 9. The van der Waals surface area contributed by atoms with Gasteiger partial charge in [0.15, 0.2) is 0 Å². The fourth-order valence-electron chi connectivity index (χ4n) is 10.8. The normalized spacial score (nSPS) is 12.1. The summed E-state index contributed by atoms with van der Waals surface area (Å²) in [4.78, 5) is 54.8. The van der Waals surface area contributed by atoms with Crippen molar-refractivity contribution in [1.29, 1.82) is 0 Å². The van der Waals surface area contributed by atoms with Gasteiger partial charge in [0.2, 0.25) is 0 Å². The highest BCUT2D eigenvalue weighted by atomic mass is 32.2.